The highest BCUT2D eigenvalue weighted by Crippen LogP contribution is 2.29. The smallest absolute Gasteiger partial charge is 0.142 e. The monoisotopic (exact) mass is 276 g/mol. The number of hydrogen-bond donors (Lipinski definition) is 1. The second kappa shape index (κ2) is 8.15. The molecule has 1 unspecified atom stereocenters. The van der Waals surface area contributed by atoms with Crippen molar-refractivity contribution in [3.63, 3.8) is 0 Å². The molecule has 20 heavy (non-hydrogen) atoms. The van der Waals surface area contributed by atoms with Crippen LogP contribution in [0.5, 0.6) is 5.75 Å². The van der Waals surface area contributed by atoms with Gasteiger partial charge in [0.05, 0.1) is 12.3 Å². The van der Waals surface area contributed by atoms with Crippen molar-refractivity contribution >= 4 is 5.69 Å². The average Bonchev–Trinajstić information content (AvgIpc) is 2.75. The molecule has 3 heteroatoms. The van der Waals surface area contributed by atoms with Gasteiger partial charge in [0.1, 0.15) is 5.75 Å². The van der Waals surface area contributed by atoms with E-state index in [2.05, 4.69) is 48.3 Å². The molecular weight excluding hydrogens is 248 g/mol. The zero-order chi connectivity index (χ0) is 14.2. The molecule has 0 saturated carbocycles. The number of ether oxygens (including phenoxy) is 1. The van der Waals surface area contributed by atoms with Gasteiger partial charge < -0.3 is 15.0 Å². The maximum atomic E-state index is 6.08. The zero-order valence-corrected chi connectivity index (χ0v) is 12.9. The molecule has 1 aliphatic rings. The van der Waals surface area contributed by atoms with Crippen LogP contribution in [0.3, 0.4) is 0 Å². The Hall–Kier alpha value is -1.22. The van der Waals surface area contributed by atoms with E-state index in [1.54, 1.807) is 0 Å². The van der Waals surface area contributed by atoms with Crippen LogP contribution in [0.15, 0.2) is 24.3 Å². The van der Waals surface area contributed by atoms with Crippen LogP contribution in [0.25, 0.3) is 0 Å². The summed E-state index contributed by atoms with van der Waals surface area (Å²) >= 11 is 0. The van der Waals surface area contributed by atoms with E-state index in [1.165, 1.54) is 24.9 Å². The molecule has 1 fully saturated rings. The largest absolute Gasteiger partial charge is 0.491 e. The normalized spacial score (nSPS) is 17.6. The predicted molar refractivity (Wildman–Crippen MR) is 85.7 cm³/mol. The average molecular weight is 276 g/mol. The van der Waals surface area contributed by atoms with E-state index in [-0.39, 0.29) is 0 Å². The molecule has 0 aliphatic carbocycles. The standard InChI is InChI=1S/C17H28N2O/c1-3-7-15(2)14-20-17-9-5-4-8-16(17)19-12-6-10-18-11-13-19/h4-5,8-9,15,18H,3,6-7,10-14H2,1-2H3. The molecule has 112 valence electrons. The Labute approximate surface area is 123 Å². The Morgan fingerprint density at radius 3 is 2.95 bits per heavy atom. The Morgan fingerprint density at radius 2 is 2.10 bits per heavy atom. The van der Waals surface area contributed by atoms with Crippen LogP contribution in [0.1, 0.15) is 33.1 Å². The Balaban J connectivity index is 2.01. The fraction of sp³-hybridized carbons (Fsp3) is 0.647. The quantitative estimate of drug-likeness (QED) is 0.863. The lowest BCUT2D eigenvalue weighted by molar-refractivity contribution is 0.252. The van der Waals surface area contributed by atoms with Gasteiger partial charge in [-0.2, -0.15) is 0 Å². The first-order chi connectivity index (χ1) is 9.81. The second-order valence-electron chi connectivity index (χ2n) is 5.76. The van der Waals surface area contributed by atoms with Crippen molar-refractivity contribution in [1.82, 2.24) is 5.32 Å². The molecule has 1 saturated heterocycles. The summed E-state index contributed by atoms with van der Waals surface area (Å²) in [5, 5.41) is 3.45. The van der Waals surface area contributed by atoms with Crippen molar-refractivity contribution in [1.29, 1.82) is 0 Å². The van der Waals surface area contributed by atoms with E-state index in [0.29, 0.717) is 5.92 Å². The second-order valence-corrected chi connectivity index (χ2v) is 5.76. The Bertz CT molecular complexity index is 386. The van der Waals surface area contributed by atoms with Gasteiger partial charge in [-0.3, -0.25) is 0 Å². The Morgan fingerprint density at radius 1 is 1.25 bits per heavy atom. The minimum Gasteiger partial charge on any atom is -0.491 e. The summed E-state index contributed by atoms with van der Waals surface area (Å²) < 4.78 is 6.08. The van der Waals surface area contributed by atoms with Crippen LogP contribution in [-0.4, -0.2) is 32.8 Å². The summed E-state index contributed by atoms with van der Waals surface area (Å²) in [4.78, 5) is 2.44. The minimum atomic E-state index is 0.624. The van der Waals surface area contributed by atoms with Crippen molar-refractivity contribution in [2.24, 2.45) is 5.92 Å². The number of benzene rings is 1. The third kappa shape index (κ3) is 4.41. The number of nitrogens with zero attached hydrogens (tertiary/aromatic N) is 1. The van der Waals surface area contributed by atoms with E-state index in [1.807, 2.05) is 0 Å². The molecule has 0 radical (unpaired) electrons. The summed E-state index contributed by atoms with van der Waals surface area (Å²) in [7, 11) is 0. The number of rotatable bonds is 6. The van der Waals surface area contributed by atoms with Crippen LogP contribution in [-0.2, 0) is 0 Å². The lowest BCUT2D eigenvalue weighted by Gasteiger charge is -2.25. The number of anilines is 1. The van der Waals surface area contributed by atoms with E-state index in [9.17, 15) is 0 Å². The van der Waals surface area contributed by atoms with E-state index >= 15 is 0 Å². The molecule has 0 amide bonds. The van der Waals surface area contributed by atoms with Gasteiger partial charge in [-0.25, -0.2) is 0 Å². The summed E-state index contributed by atoms with van der Waals surface area (Å²) in [5.41, 5.74) is 1.25. The highest BCUT2D eigenvalue weighted by molar-refractivity contribution is 5.58. The van der Waals surface area contributed by atoms with Crippen LogP contribution in [0.4, 0.5) is 5.69 Å². The van der Waals surface area contributed by atoms with Gasteiger partial charge in [-0.15, -0.1) is 0 Å². The number of para-hydroxylation sites is 2. The van der Waals surface area contributed by atoms with Gasteiger partial charge in [-0.05, 0) is 37.4 Å². The van der Waals surface area contributed by atoms with Crippen LogP contribution >= 0.6 is 0 Å². The number of nitrogens with one attached hydrogen (secondary N) is 1. The lowest BCUT2D eigenvalue weighted by atomic mass is 10.1. The maximum Gasteiger partial charge on any atom is 0.142 e. The molecule has 2 rings (SSSR count). The van der Waals surface area contributed by atoms with Crippen LogP contribution in [0.2, 0.25) is 0 Å². The van der Waals surface area contributed by atoms with Gasteiger partial charge in [0, 0.05) is 19.6 Å². The lowest BCUT2D eigenvalue weighted by Crippen LogP contribution is -2.28. The summed E-state index contributed by atoms with van der Waals surface area (Å²) in [6.45, 7) is 9.66. The highest BCUT2D eigenvalue weighted by atomic mass is 16.5. The summed E-state index contributed by atoms with van der Waals surface area (Å²) in [6, 6.07) is 8.47. The van der Waals surface area contributed by atoms with Crippen LogP contribution < -0.4 is 15.0 Å². The first kappa shape index (κ1) is 15.2. The molecule has 3 nitrogen and oxygen atoms in total. The topological polar surface area (TPSA) is 24.5 Å². The van der Waals surface area contributed by atoms with Gasteiger partial charge in [0.2, 0.25) is 0 Å². The van der Waals surface area contributed by atoms with Crippen molar-refractivity contribution in [2.45, 2.75) is 33.1 Å². The maximum absolute atomic E-state index is 6.08. The van der Waals surface area contributed by atoms with Crippen molar-refractivity contribution in [3.05, 3.63) is 24.3 Å². The summed E-state index contributed by atoms with van der Waals surface area (Å²) in [6.07, 6.45) is 3.65. The van der Waals surface area contributed by atoms with Crippen molar-refractivity contribution in [3.8, 4) is 5.75 Å². The van der Waals surface area contributed by atoms with Crippen molar-refractivity contribution < 1.29 is 4.74 Å². The fourth-order valence-electron chi connectivity index (χ4n) is 2.74. The van der Waals surface area contributed by atoms with E-state index < -0.39 is 0 Å². The molecular formula is C17H28N2O. The molecule has 1 aromatic carbocycles. The molecule has 1 aliphatic heterocycles. The minimum absolute atomic E-state index is 0.624. The van der Waals surface area contributed by atoms with Crippen molar-refractivity contribution in [2.75, 3.05) is 37.7 Å². The van der Waals surface area contributed by atoms with Crippen LogP contribution in [0, 0.1) is 5.92 Å². The third-order valence-corrected chi connectivity index (χ3v) is 3.85. The van der Waals surface area contributed by atoms with Gasteiger partial charge in [0.25, 0.3) is 0 Å². The van der Waals surface area contributed by atoms with Gasteiger partial charge >= 0.3 is 0 Å². The molecule has 0 aromatic heterocycles. The van der Waals surface area contributed by atoms with Gasteiger partial charge in [0.15, 0.2) is 0 Å². The molecule has 1 atom stereocenters. The molecule has 1 N–H and O–H groups in total. The SMILES string of the molecule is CCCC(C)COc1ccccc1N1CCCNCC1. The fourth-order valence-corrected chi connectivity index (χ4v) is 2.74. The first-order valence-corrected chi connectivity index (χ1v) is 7.98. The molecule has 0 spiro atoms. The first-order valence-electron chi connectivity index (χ1n) is 7.98. The summed E-state index contributed by atoms with van der Waals surface area (Å²) in [5.74, 6) is 1.66. The molecule has 1 aromatic rings. The Kier molecular flexibility index (Phi) is 6.19. The third-order valence-electron chi connectivity index (χ3n) is 3.85. The number of hydrogen-bond acceptors (Lipinski definition) is 3. The van der Waals surface area contributed by atoms with Gasteiger partial charge in [-0.1, -0.05) is 32.4 Å². The highest BCUT2D eigenvalue weighted by Gasteiger charge is 2.14. The molecule has 1 heterocycles. The molecule has 0 bridgehead atoms. The predicted octanol–water partition coefficient (Wildman–Crippen LogP) is 3.30. The van der Waals surface area contributed by atoms with E-state index in [0.717, 1.165) is 38.5 Å². The zero-order valence-electron chi connectivity index (χ0n) is 12.9. The van der Waals surface area contributed by atoms with E-state index in [4.69, 9.17) is 4.74 Å².